The molecule has 0 saturated heterocycles. The monoisotopic (exact) mass is 337 g/mol. The van der Waals surface area contributed by atoms with E-state index in [1.807, 2.05) is 0 Å². The minimum atomic E-state index is -0.754. The highest BCUT2D eigenvalue weighted by atomic mass is 16.6. The van der Waals surface area contributed by atoms with E-state index in [2.05, 4.69) is 10.1 Å². The van der Waals surface area contributed by atoms with E-state index in [1.54, 1.807) is 0 Å². The fourth-order valence-electron chi connectivity index (χ4n) is 2.22. The first-order chi connectivity index (χ1) is 11.4. The Kier molecular flexibility index (Phi) is 4.99. The minimum absolute atomic E-state index is 0.00172. The number of nitro benzene ring substituents is 1. The Hall–Kier alpha value is -3.14. The van der Waals surface area contributed by atoms with Gasteiger partial charge in [-0.2, -0.15) is 0 Å². The molecule has 0 saturated carbocycles. The molecule has 0 unspecified atom stereocenters. The lowest BCUT2D eigenvalue weighted by Gasteiger charge is -2.15. The Bertz CT molecular complexity index is 729. The number of aliphatic hydroxyl groups excluding tert-OH is 1. The van der Waals surface area contributed by atoms with Gasteiger partial charge in [0, 0.05) is 18.7 Å². The number of non-ortho nitro benzene ring substituents is 1. The van der Waals surface area contributed by atoms with Crippen LogP contribution < -0.4 is 5.32 Å². The molecule has 1 aromatic carbocycles. The predicted octanol–water partition coefficient (Wildman–Crippen LogP) is -0.0261. The number of aromatic hydroxyl groups is 1. The molecule has 0 bridgehead atoms. The Morgan fingerprint density at radius 3 is 2.79 bits per heavy atom. The molecule has 1 aliphatic rings. The van der Waals surface area contributed by atoms with Crippen LogP contribution in [0.2, 0.25) is 0 Å². The quantitative estimate of drug-likeness (QED) is 0.284. The highest BCUT2D eigenvalue weighted by molar-refractivity contribution is 6.08. The maximum atomic E-state index is 12.3. The van der Waals surface area contributed by atoms with Crippen LogP contribution in [-0.4, -0.2) is 58.7 Å². The van der Waals surface area contributed by atoms with Gasteiger partial charge >= 0.3 is 5.97 Å². The van der Waals surface area contributed by atoms with E-state index in [1.165, 1.54) is 4.90 Å². The molecule has 1 aliphatic heterocycles. The maximum absolute atomic E-state index is 12.3. The summed E-state index contributed by atoms with van der Waals surface area (Å²) in [6.45, 7) is -0.370. The largest absolute Gasteiger partial charge is 0.506 e. The second kappa shape index (κ2) is 6.96. The average Bonchev–Trinajstić information content (AvgIpc) is 2.85. The molecule has 0 spiro atoms. The molecule has 1 aromatic rings. The van der Waals surface area contributed by atoms with Gasteiger partial charge in [-0.25, -0.2) is 4.79 Å². The van der Waals surface area contributed by atoms with Crippen molar-refractivity contribution in [2.24, 2.45) is 0 Å². The van der Waals surface area contributed by atoms with Gasteiger partial charge in [0.05, 0.1) is 36.4 Å². The maximum Gasteiger partial charge on any atom is 0.337 e. The fraction of sp³-hybridized carbons (Fsp3) is 0.286. The summed E-state index contributed by atoms with van der Waals surface area (Å²) in [5.74, 6) is -1.67. The summed E-state index contributed by atoms with van der Waals surface area (Å²) < 4.78 is 4.62. The highest BCUT2D eigenvalue weighted by Gasteiger charge is 2.34. The zero-order valence-electron chi connectivity index (χ0n) is 12.7. The Labute approximate surface area is 136 Å². The van der Waals surface area contributed by atoms with E-state index in [-0.39, 0.29) is 48.1 Å². The number of carbonyl (C=O) groups is 2. The number of hydrogen-bond donors (Lipinski definition) is 3. The standard InChI is InChI=1S/C14H15N3O7/c1-24-14(21)9-7-16(4-5-18)13(20)12(9)15-10-6-8(17(22)23)2-3-11(10)19/h2-3,6,15,18-19H,4-5,7H2,1H3. The van der Waals surface area contributed by atoms with Crippen molar-refractivity contribution in [2.75, 3.05) is 32.1 Å². The number of anilines is 1. The summed E-state index contributed by atoms with van der Waals surface area (Å²) >= 11 is 0. The van der Waals surface area contributed by atoms with Crippen molar-refractivity contribution >= 4 is 23.3 Å². The number of nitro groups is 1. The lowest BCUT2D eigenvalue weighted by molar-refractivity contribution is -0.384. The van der Waals surface area contributed by atoms with Crippen LogP contribution in [0.25, 0.3) is 0 Å². The van der Waals surface area contributed by atoms with E-state index in [4.69, 9.17) is 5.11 Å². The SMILES string of the molecule is COC(=O)C1=C(Nc2cc([N+](=O)[O-])ccc2O)C(=O)N(CCO)C1. The number of β-amino-alcohol motifs (C(OH)–C–C–N with tert-alkyl or cyclic N) is 1. The molecule has 10 nitrogen and oxygen atoms in total. The van der Waals surface area contributed by atoms with E-state index in [9.17, 15) is 24.8 Å². The number of carbonyl (C=O) groups excluding carboxylic acids is 2. The van der Waals surface area contributed by atoms with E-state index in [0.717, 1.165) is 25.3 Å². The van der Waals surface area contributed by atoms with Crippen LogP contribution in [0.15, 0.2) is 29.5 Å². The molecule has 10 heteroatoms. The first-order valence-corrected chi connectivity index (χ1v) is 6.85. The summed E-state index contributed by atoms with van der Waals surface area (Å²) in [5, 5.41) is 32.2. The molecule has 0 radical (unpaired) electrons. The molecule has 0 aromatic heterocycles. The van der Waals surface area contributed by atoms with Crippen LogP contribution in [0.3, 0.4) is 0 Å². The van der Waals surface area contributed by atoms with Crippen molar-refractivity contribution in [3.05, 3.63) is 39.6 Å². The number of benzene rings is 1. The minimum Gasteiger partial charge on any atom is -0.506 e. The molecule has 1 heterocycles. The van der Waals surface area contributed by atoms with Crippen molar-refractivity contribution < 1.29 is 29.5 Å². The number of ether oxygens (including phenoxy) is 1. The third-order valence-electron chi connectivity index (χ3n) is 3.40. The summed E-state index contributed by atoms with van der Waals surface area (Å²) in [7, 11) is 1.15. The number of nitrogens with zero attached hydrogens (tertiary/aromatic N) is 2. The summed E-state index contributed by atoms with van der Waals surface area (Å²) in [5.41, 5.74) is -0.555. The van der Waals surface area contributed by atoms with Crippen LogP contribution in [-0.2, 0) is 14.3 Å². The Balaban J connectivity index is 2.40. The molecule has 0 fully saturated rings. The van der Waals surface area contributed by atoms with Crippen LogP contribution in [0.5, 0.6) is 5.75 Å². The normalized spacial score (nSPS) is 14.1. The lowest BCUT2D eigenvalue weighted by Crippen LogP contribution is -2.31. The number of amides is 1. The number of hydrogen-bond acceptors (Lipinski definition) is 8. The van der Waals surface area contributed by atoms with Gasteiger partial charge in [-0.05, 0) is 6.07 Å². The summed E-state index contributed by atoms with van der Waals surface area (Å²) in [6, 6.07) is 3.24. The van der Waals surface area contributed by atoms with Crippen LogP contribution in [0, 0.1) is 10.1 Å². The topological polar surface area (TPSA) is 142 Å². The Morgan fingerprint density at radius 1 is 1.50 bits per heavy atom. The first kappa shape index (κ1) is 17.2. The van der Waals surface area contributed by atoms with Crippen LogP contribution in [0.4, 0.5) is 11.4 Å². The van der Waals surface area contributed by atoms with Gasteiger partial charge < -0.3 is 25.2 Å². The second-order valence-corrected chi connectivity index (χ2v) is 4.88. The summed E-state index contributed by atoms with van der Waals surface area (Å²) in [6.07, 6.45) is 0. The van der Waals surface area contributed by atoms with Gasteiger partial charge in [-0.1, -0.05) is 0 Å². The third kappa shape index (κ3) is 3.27. The molecule has 0 atom stereocenters. The number of rotatable bonds is 6. The predicted molar refractivity (Wildman–Crippen MR) is 81.1 cm³/mol. The fourth-order valence-corrected chi connectivity index (χ4v) is 2.22. The Morgan fingerprint density at radius 2 is 2.21 bits per heavy atom. The molecular weight excluding hydrogens is 322 g/mol. The third-order valence-corrected chi connectivity index (χ3v) is 3.40. The summed E-state index contributed by atoms with van der Waals surface area (Å²) in [4.78, 5) is 35.6. The molecule has 2 rings (SSSR count). The van der Waals surface area contributed by atoms with Gasteiger partial charge in [0.15, 0.2) is 0 Å². The zero-order valence-corrected chi connectivity index (χ0v) is 12.7. The van der Waals surface area contributed by atoms with Crippen molar-refractivity contribution in [1.29, 1.82) is 0 Å². The van der Waals surface area contributed by atoms with E-state index < -0.39 is 16.8 Å². The van der Waals surface area contributed by atoms with Crippen molar-refractivity contribution in [2.45, 2.75) is 0 Å². The number of phenolic OH excluding ortho intramolecular Hbond substituents is 1. The highest BCUT2D eigenvalue weighted by Crippen LogP contribution is 2.31. The average molecular weight is 337 g/mol. The molecule has 1 amide bonds. The van der Waals surface area contributed by atoms with Gasteiger partial charge in [-0.15, -0.1) is 0 Å². The number of nitrogens with one attached hydrogen (secondary N) is 1. The van der Waals surface area contributed by atoms with Crippen LogP contribution in [0.1, 0.15) is 0 Å². The number of aliphatic hydroxyl groups is 1. The smallest absolute Gasteiger partial charge is 0.337 e. The van der Waals surface area contributed by atoms with Gasteiger partial charge in [0.25, 0.3) is 11.6 Å². The number of esters is 1. The lowest BCUT2D eigenvalue weighted by atomic mass is 10.2. The number of phenols is 1. The van der Waals surface area contributed by atoms with Crippen molar-refractivity contribution in [3.8, 4) is 5.75 Å². The molecule has 0 aliphatic carbocycles. The number of methoxy groups -OCH3 is 1. The van der Waals surface area contributed by atoms with Crippen molar-refractivity contribution in [1.82, 2.24) is 4.90 Å². The van der Waals surface area contributed by atoms with Crippen LogP contribution >= 0.6 is 0 Å². The van der Waals surface area contributed by atoms with Gasteiger partial charge in [-0.3, -0.25) is 14.9 Å². The molecule has 128 valence electrons. The van der Waals surface area contributed by atoms with Crippen molar-refractivity contribution in [3.63, 3.8) is 0 Å². The van der Waals surface area contributed by atoms with E-state index in [0.29, 0.717) is 0 Å². The first-order valence-electron chi connectivity index (χ1n) is 6.85. The second-order valence-electron chi connectivity index (χ2n) is 4.88. The molecule has 3 N–H and O–H groups in total. The van der Waals surface area contributed by atoms with Gasteiger partial charge in [0.1, 0.15) is 11.4 Å². The zero-order chi connectivity index (χ0) is 17.9. The van der Waals surface area contributed by atoms with E-state index >= 15 is 0 Å². The van der Waals surface area contributed by atoms with Gasteiger partial charge in [0.2, 0.25) is 0 Å². The molecular formula is C14H15N3O7. The molecule has 24 heavy (non-hydrogen) atoms.